The summed E-state index contributed by atoms with van der Waals surface area (Å²) < 4.78 is 0. The molecule has 1 saturated heterocycles. The van der Waals surface area contributed by atoms with Crippen LogP contribution in [0.4, 0.5) is 5.82 Å². The molecule has 3 aromatic heterocycles. The van der Waals surface area contributed by atoms with Crippen LogP contribution >= 0.6 is 0 Å². The van der Waals surface area contributed by atoms with Crippen LogP contribution in [0.25, 0.3) is 17.1 Å². The predicted molar refractivity (Wildman–Crippen MR) is 105 cm³/mol. The molecule has 2 N–H and O–H groups in total. The van der Waals surface area contributed by atoms with Gasteiger partial charge in [-0.3, -0.25) is 0 Å². The second-order valence-electron chi connectivity index (χ2n) is 7.98. The molecule has 0 aliphatic carbocycles. The van der Waals surface area contributed by atoms with E-state index < -0.39 is 0 Å². The van der Waals surface area contributed by atoms with Crippen molar-refractivity contribution in [2.75, 3.05) is 18.0 Å². The maximum Gasteiger partial charge on any atom is 0.151 e. The van der Waals surface area contributed by atoms with Gasteiger partial charge in [0.15, 0.2) is 5.82 Å². The van der Waals surface area contributed by atoms with Crippen molar-refractivity contribution in [2.24, 2.45) is 0 Å². The molecule has 0 amide bonds. The number of aromatic hydroxyl groups is 1. The number of hydrogen-bond donors (Lipinski definition) is 2. The van der Waals surface area contributed by atoms with Gasteiger partial charge in [-0.2, -0.15) is 10.2 Å². The van der Waals surface area contributed by atoms with Gasteiger partial charge in [0.25, 0.3) is 0 Å². The fourth-order valence-corrected chi connectivity index (χ4v) is 3.42. The van der Waals surface area contributed by atoms with E-state index in [1.54, 1.807) is 24.7 Å². The van der Waals surface area contributed by atoms with Gasteiger partial charge >= 0.3 is 0 Å². The normalized spacial score (nSPS) is 17.2. The number of nitrogens with one attached hydrogen (secondary N) is 1. The van der Waals surface area contributed by atoms with Gasteiger partial charge in [-0.05, 0) is 39.3 Å². The lowest BCUT2D eigenvalue weighted by Gasteiger charge is -2.26. The van der Waals surface area contributed by atoms with Crippen LogP contribution in [0.2, 0.25) is 0 Å². The standard InChI is InChI=1S/C19H24N8O/c1-19(2,3)23-13-6-9-26(12-13)17-5-4-15(24-25-17)18-16(28)10-14(11-20-18)27-21-7-8-22-27/h4-5,7-8,10-11,13,23,28H,6,9,12H2,1-3H3/t13-/m1/s1. The third kappa shape index (κ3) is 3.94. The Balaban J connectivity index is 1.48. The maximum absolute atomic E-state index is 10.3. The van der Waals surface area contributed by atoms with E-state index in [1.165, 1.54) is 4.80 Å². The lowest BCUT2D eigenvalue weighted by molar-refractivity contribution is 0.373. The molecule has 0 radical (unpaired) electrons. The van der Waals surface area contributed by atoms with Crippen molar-refractivity contribution in [3.05, 3.63) is 36.8 Å². The van der Waals surface area contributed by atoms with Crippen LogP contribution in [-0.2, 0) is 0 Å². The zero-order valence-corrected chi connectivity index (χ0v) is 16.2. The second kappa shape index (κ2) is 7.16. The summed E-state index contributed by atoms with van der Waals surface area (Å²) in [6, 6.07) is 5.75. The fraction of sp³-hybridized carbons (Fsp3) is 0.421. The van der Waals surface area contributed by atoms with Crippen LogP contribution in [0.1, 0.15) is 27.2 Å². The number of hydrogen-bond acceptors (Lipinski definition) is 8. The smallest absolute Gasteiger partial charge is 0.151 e. The van der Waals surface area contributed by atoms with Crippen molar-refractivity contribution >= 4 is 5.82 Å². The summed E-state index contributed by atoms with van der Waals surface area (Å²) in [4.78, 5) is 7.92. The van der Waals surface area contributed by atoms with Crippen molar-refractivity contribution in [1.29, 1.82) is 0 Å². The summed E-state index contributed by atoms with van der Waals surface area (Å²) in [5.74, 6) is 0.839. The fourth-order valence-electron chi connectivity index (χ4n) is 3.42. The van der Waals surface area contributed by atoms with Crippen molar-refractivity contribution in [3.63, 3.8) is 0 Å². The van der Waals surface area contributed by atoms with Crippen LogP contribution in [0.3, 0.4) is 0 Å². The van der Waals surface area contributed by atoms with Crippen molar-refractivity contribution in [2.45, 2.75) is 38.8 Å². The predicted octanol–water partition coefficient (Wildman–Crippen LogP) is 1.79. The van der Waals surface area contributed by atoms with E-state index in [9.17, 15) is 5.11 Å². The Bertz CT molecular complexity index is 934. The molecule has 1 atom stereocenters. The Morgan fingerprint density at radius 2 is 1.93 bits per heavy atom. The molecule has 0 aromatic carbocycles. The first kappa shape index (κ1) is 18.3. The van der Waals surface area contributed by atoms with Gasteiger partial charge in [0.1, 0.15) is 22.8 Å². The average Bonchev–Trinajstić information content (AvgIpc) is 3.32. The quantitative estimate of drug-likeness (QED) is 0.706. The monoisotopic (exact) mass is 380 g/mol. The first-order chi connectivity index (χ1) is 13.4. The molecular formula is C19H24N8O. The van der Waals surface area contributed by atoms with Crippen LogP contribution in [0, 0.1) is 0 Å². The van der Waals surface area contributed by atoms with Gasteiger partial charge < -0.3 is 15.3 Å². The lowest BCUT2D eigenvalue weighted by Crippen LogP contribution is -2.45. The molecule has 4 heterocycles. The highest BCUT2D eigenvalue weighted by atomic mass is 16.3. The van der Waals surface area contributed by atoms with Gasteiger partial charge in [-0.25, -0.2) is 4.98 Å². The van der Waals surface area contributed by atoms with Crippen molar-refractivity contribution in [3.8, 4) is 22.8 Å². The topological polar surface area (TPSA) is 105 Å². The zero-order chi connectivity index (χ0) is 19.7. The number of pyridine rings is 1. The summed E-state index contributed by atoms with van der Waals surface area (Å²) >= 11 is 0. The molecule has 0 spiro atoms. The van der Waals surface area contributed by atoms with Gasteiger partial charge in [0.2, 0.25) is 0 Å². The molecule has 9 nitrogen and oxygen atoms in total. The van der Waals surface area contributed by atoms with E-state index in [-0.39, 0.29) is 11.3 Å². The van der Waals surface area contributed by atoms with Gasteiger partial charge in [0, 0.05) is 30.7 Å². The Labute approximate surface area is 163 Å². The molecule has 1 fully saturated rings. The third-order valence-electron chi connectivity index (χ3n) is 4.55. The highest BCUT2D eigenvalue weighted by Gasteiger charge is 2.26. The Morgan fingerprint density at radius 1 is 1.14 bits per heavy atom. The molecule has 0 saturated carbocycles. The number of anilines is 1. The molecule has 1 aliphatic rings. The summed E-state index contributed by atoms with van der Waals surface area (Å²) in [5.41, 5.74) is 1.57. The molecule has 4 rings (SSSR count). The van der Waals surface area contributed by atoms with Crippen LogP contribution < -0.4 is 10.2 Å². The third-order valence-corrected chi connectivity index (χ3v) is 4.55. The van der Waals surface area contributed by atoms with Gasteiger partial charge in [-0.15, -0.1) is 15.0 Å². The summed E-state index contributed by atoms with van der Waals surface area (Å²) in [7, 11) is 0. The van der Waals surface area contributed by atoms with E-state index in [4.69, 9.17) is 0 Å². The summed E-state index contributed by atoms with van der Waals surface area (Å²) in [5, 5.41) is 30.7. The summed E-state index contributed by atoms with van der Waals surface area (Å²) in [6.45, 7) is 8.38. The van der Waals surface area contributed by atoms with Gasteiger partial charge in [-0.1, -0.05) is 0 Å². The molecular weight excluding hydrogens is 356 g/mol. The molecule has 0 unspecified atom stereocenters. The Hall–Kier alpha value is -3.07. The van der Waals surface area contributed by atoms with Gasteiger partial charge in [0.05, 0.1) is 18.6 Å². The van der Waals surface area contributed by atoms with E-state index in [0.29, 0.717) is 23.1 Å². The Morgan fingerprint density at radius 3 is 2.57 bits per heavy atom. The molecule has 1 aliphatic heterocycles. The Kier molecular flexibility index (Phi) is 4.68. The first-order valence-corrected chi connectivity index (χ1v) is 9.31. The highest BCUT2D eigenvalue weighted by Crippen LogP contribution is 2.28. The largest absolute Gasteiger partial charge is 0.506 e. The number of rotatable bonds is 4. The molecule has 3 aromatic rings. The van der Waals surface area contributed by atoms with E-state index >= 15 is 0 Å². The molecule has 28 heavy (non-hydrogen) atoms. The SMILES string of the molecule is CC(C)(C)N[C@@H]1CCN(c2ccc(-c3ncc(-n4nccn4)cc3O)nn2)C1. The molecule has 0 bridgehead atoms. The second-order valence-corrected chi connectivity index (χ2v) is 7.98. The highest BCUT2D eigenvalue weighted by molar-refractivity contribution is 5.64. The van der Waals surface area contributed by atoms with E-state index in [1.807, 2.05) is 12.1 Å². The van der Waals surface area contributed by atoms with E-state index in [2.05, 4.69) is 56.4 Å². The number of nitrogens with zero attached hydrogens (tertiary/aromatic N) is 7. The zero-order valence-electron chi connectivity index (χ0n) is 16.2. The maximum atomic E-state index is 10.3. The number of aromatic nitrogens is 6. The minimum atomic E-state index is 0.00691. The van der Waals surface area contributed by atoms with Crippen LogP contribution in [0.5, 0.6) is 5.75 Å². The average molecular weight is 380 g/mol. The van der Waals surface area contributed by atoms with Crippen LogP contribution in [0.15, 0.2) is 36.8 Å². The molecule has 9 heteroatoms. The van der Waals surface area contributed by atoms with E-state index in [0.717, 1.165) is 25.3 Å². The minimum Gasteiger partial charge on any atom is -0.506 e. The first-order valence-electron chi connectivity index (χ1n) is 9.31. The molecule has 146 valence electrons. The lowest BCUT2D eigenvalue weighted by atomic mass is 10.1. The van der Waals surface area contributed by atoms with Crippen molar-refractivity contribution in [1.82, 2.24) is 35.5 Å². The van der Waals surface area contributed by atoms with Crippen molar-refractivity contribution < 1.29 is 5.11 Å². The minimum absolute atomic E-state index is 0.00691. The summed E-state index contributed by atoms with van der Waals surface area (Å²) in [6.07, 6.45) is 5.80. The van der Waals surface area contributed by atoms with Crippen LogP contribution in [-0.4, -0.2) is 60.0 Å².